The van der Waals surface area contributed by atoms with Gasteiger partial charge in [-0.1, -0.05) is 29.5 Å². The zero-order chi connectivity index (χ0) is 21.8. The molecule has 0 aliphatic carbocycles. The summed E-state index contributed by atoms with van der Waals surface area (Å²) in [7, 11) is -8.41. The molecule has 0 saturated carbocycles. The van der Waals surface area contributed by atoms with Crippen LogP contribution in [0.2, 0.25) is 0 Å². The van der Waals surface area contributed by atoms with Crippen LogP contribution in [0.1, 0.15) is 11.1 Å². The van der Waals surface area contributed by atoms with Gasteiger partial charge in [-0.3, -0.25) is 0 Å². The first-order chi connectivity index (χ1) is 14.0. The van der Waals surface area contributed by atoms with Gasteiger partial charge in [-0.15, -0.1) is 5.11 Å². The van der Waals surface area contributed by atoms with Gasteiger partial charge in [0.25, 0.3) is 0 Å². The molecule has 13 heteroatoms. The molecule has 0 amide bonds. The summed E-state index contributed by atoms with van der Waals surface area (Å²) in [6, 6.07) is 6.31. The van der Waals surface area contributed by atoms with Crippen LogP contribution in [-0.2, 0) is 19.9 Å². The Morgan fingerprint density at radius 3 is 2.37 bits per heavy atom. The van der Waals surface area contributed by atoms with Crippen molar-refractivity contribution in [3.63, 3.8) is 0 Å². The first kappa shape index (κ1) is 20.5. The fourth-order valence-electron chi connectivity index (χ4n) is 3.31. The fraction of sp³-hybridized carbons (Fsp3) is 0.176. The highest BCUT2D eigenvalue weighted by molar-refractivity contribution is 7.93. The molecule has 0 radical (unpaired) electrons. The smallest absolute Gasteiger partial charge is 0.240 e. The highest BCUT2D eigenvalue weighted by Gasteiger charge is 2.31. The molecule has 0 atom stereocenters. The van der Waals surface area contributed by atoms with Gasteiger partial charge in [0, 0.05) is 11.8 Å². The van der Waals surface area contributed by atoms with E-state index in [1.165, 1.54) is 23.5 Å². The molecule has 1 aliphatic rings. The van der Waals surface area contributed by atoms with Crippen LogP contribution in [0.4, 0.5) is 5.13 Å². The second kappa shape index (κ2) is 6.91. The highest BCUT2D eigenvalue weighted by atomic mass is 32.2. The number of nitrogen functional groups attached to an aromatic ring is 1. The number of nitrogens with two attached hydrogens (primary N) is 2. The molecule has 0 saturated heterocycles. The maximum atomic E-state index is 12.5. The maximum Gasteiger partial charge on any atom is 0.240 e. The third-order valence-electron chi connectivity index (χ3n) is 4.53. The van der Waals surface area contributed by atoms with Crippen molar-refractivity contribution in [3.8, 4) is 11.1 Å². The summed E-state index contributed by atoms with van der Waals surface area (Å²) in [5.41, 5.74) is 8.29. The Morgan fingerprint density at radius 2 is 1.77 bits per heavy atom. The van der Waals surface area contributed by atoms with Crippen molar-refractivity contribution in [3.05, 3.63) is 35.4 Å². The van der Waals surface area contributed by atoms with Crippen LogP contribution in [-0.4, -0.2) is 40.6 Å². The van der Waals surface area contributed by atoms with E-state index in [0.717, 1.165) is 16.5 Å². The van der Waals surface area contributed by atoms with E-state index in [1.54, 1.807) is 6.07 Å². The van der Waals surface area contributed by atoms with Gasteiger partial charge in [0.2, 0.25) is 10.0 Å². The van der Waals surface area contributed by atoms with Gasteiger partial charge in [-0.05, 0) is 24.1 Å². The number of amidine groups is 1. The van der Waals surface area contributed by atoms with Crippen molar-refractivity contribution in [2.24, 2.45) is 20.4 Å². The summed E-state index contributed by atoms with van der Waals surface area (Å²) in [4.78, 5) is 7.50. The Labute approximate surface area is 176 Å². The van der Waals surface area contributed by atoms with Crippen molar-refractivity contribution in [2.45, 2.75) is 16.7 Å². The number of aliphatic imine (C=N–C) groups is 1. The number of anilines is 1. The first-order valence-corrected chi connectivity index (χ1v) is 12.7. The number of nitrogens with zero attached hydrogens (tertiary/aromatic N) is 4. The Kier molecular flexibility index (Phi) is 4.73. The van der Waals surface area contributed by atoms with E-state index in [9.17, 15) is 16.8 Å². The van der Waals surface area contributed by atoms with Gasteiger partial charge in [0.1, 0.15) is 4.90 Å². The highest BCUT2D eigenvalue weighted by Crippen LogP contribution is 2.40. The van der Waals surface area contributed by atoms with E-state index >= 15 is 0 Å². The third-order valence-corrected chi connectivity index (χ3v) is 7.81. The number of azo groups is 1. The van der Waals surface area contributed by atoms with Crippen LogP contribution in [0.15, 0.2) is 49.3 Å². The SMILES string of the molecule is Cc1ccc(-c2ccc(S(C)(=O)=O)c(S(N)(=O)=O)c2C2=NCN=N2)c2nc(N)sc12. The van der Waals surface area contributed by atoms with E-state index in [1.807, 2.05) is 13.0 Å². The number of primary sulfonamides is 1. The summed E-state index contributed by atoms with van der Waals surface area (Å²) in [6.45, 7) is 1.90. The van der Waals surface area contributed by atoms with Gasteiger partial charge in [0.05, 0.1) is 20.7 Å². The Hall–Kier alpha value is -2.74. The van der Waals surface area contributed by atoms with E-state index in [-0.39, 0.29) is 18.1 Å². The minimum atomic E-state index is -4.48. The number of hydrogen-bond acceptors (Lipinski definition) is 10. The summed E-state index contributed by atoms with van der Waals surface area (Å²) in [5.74, 6) is -0.0172. The molecule has 0 bridgehead atoms. The summed E-state index contributed by atoms with van der Waals surface area (Å²) < 4.78 is 50.6. The first-order valence-electron chi connectivity index (χ1n) is 8.46. The molecule has 0 unspecified atom stereocenters. The molecule has 1 aromatic heterocycles. The Balaban J connectivity index is 2.21. The predicted octanol–water partition coefficient (Wildman–Crippen LogP) is 2.07. The molecule has 10 nitrogen and oxygen atoms in total. The van der Waals surface area contributed by atoms with Crippen LogP contribution in [0.25, 0.3) is 21.3 Å². The van der Waals surface area contributed by atoms with E-state index < -0.39 is 29.7 Å². The number of sulfonamides is 1. The standard InChI is InChI=1S/C17H16N6O4S3/c1-8-3-4-10(13-14(8)28-17(18)22-13)9-5-6-11(29(2,24)25)15(30(19,26)27)12(9)16-20-7-21-23-16/h3-6H,7H2,1-2H3,(H2,18,22)(H2,19,26,27). The van der Waals surface area contributed by atoms with E-state index in [2.05, 4.69) is 20.2 Å². The van der Waals surface area contributed by atoms with Gasteiger partial charge in [-0.2, -0.15) is 5.11 Å². The Bertz CT molecular complexity index is 1490. The van der Waals surface area contributed by atoms with Crippen molar-refractivity contribution in [2.75, 3.05) is 18.7 Å². The number of aromatic nitrogens is 1. The van der Waals surface area contributed by atoms with E-state index in [4.69, 9.17) is 10.9 Å². The monoisotopic (exact) mass is 464 g/mol. The number of sulfone groups is 1. The molecule has 2 heterocycles. The summed E-state index contributed by atoms with van der Waals surface area (Å²) in [6.07, 6.45) is 0.906. The molecule has 30 heavy (non-hydrogen) atoms. The lowest BCUT2D eigenvalue weighted by Gasteiger charge is -2.16. The van der Waals surface area contributed by atoms with Crippen molar-refractivity contribution in [1.29, 1.82) is 0 Å². The van der Waals surface area contributed by atoms with Crippen LogP contribution in [0, 0.1) is 6.92 Å². The normalized spacial score (nSPS) is 14.4. The number of benzene rings is 2. The minimum Gasteiger partial charge on any atom is -0.375 e. The van der Waals surface area contributed by atoms with Crippen molar-refractivity contribution < 1.29 is 16.8 Å². The molecule has 0 spiro atoms. The fourth-order valence-corrected chi connectivity index (χ4v) is 6.53. The lowest BCUT2D eigenvalue weighted by atomic mass is 9.97. The van der Waals surface area contributed by atoms with Gasteiger partial charge < -0.3 is 5.73 Å². The van der Waals surface area contributed by atoms with Gasteiger partial charge >= 0.3 is 0 Å². The molecular formula is C17H16N6O4S3. The van der Waals surface area contributed by atoms with Crippen molar-refractivity contribution >= 4 is 52.4 Å². The molecule has 4 rings (SSSR count). The Morgan fingerprint density at radius 1 is 1.07 bits per heavy atom. The summed E-state index contributed by atoms with van der Waals surface area (Å²) in [5, 5.41) is 13.5. The van der Waals surface area contributed by atoms with Gasteiger partial charge in [-0.25, -0.2) is 32.0 Å². The molecule has 2 aromatic carbocycles. The zero-order valence-electron chi connectivity index (χ0n) is 15.8. The average Bonchev–Trinajstić information content (AvgIpc) is 3.29. The number of aryl methyl sites for hydroxylation is 1. The average molecular weight is 465 g/mol. The van der Waals surface area contributed by atoms with Crippen LogP contribution in [0.5, 0.6) is 0 Å². The van der Waals surface area contributed by atoms with Gasteiger partial charge in [0.15, 0.2) is 27.5 Å². The molecule has 4 N–H and O–H groups in total. The predicted molar refractivity (Wildman–Crippen MR) is 115 cm³/mol. The number of hydrogen-bond donors (Lipinski definition) is 2. The summed E-state index contributed by atoms with van der Waals surface area (Å²) >= 11 is 1.30. The van der Waals surface area contributed by atoms with E-state index in [0.29, 0.717) is 21.8 Å². The van der Waals surface area contributed by atoms with Crippen molar-refractivity contribution in [1.82, 2.24) is 4.98 Å². The van der Waals surface area contributed by atoms with Crippen LogP contribution >= 0.6 is 11.3 Å². The molecule has 156 valence electrons. The number of rotatable bonds is 4. The topological polar surface area (TPSA) is 170 Å². The lowest BCUT2D eigenvalue weighted by molar-refractivity contribution is 0.586. The number of thiazole rings is 1. The molecule has 1 aliphatic heterocycles. The third kappa shape index (κ3) is 3.39. The second-order valence-electron chi connectivity index (χ2n) is 6.66. The zero-order valence-corrected chi connectivity index (χ0v) is 18.3. The van der Waals surface area contributed by atoms with Crippen LogP contribution in [0.3, 0.4) is 0 Å². The quantitative estimate of drug-likeness (QED) is 0.598. The second-order valence-corrected chi connectivity index (χ2v) is 11.2. The number of fused-ring (bicyclic) bond motifs is 1. The lowest BCUT2D eigenvalue weighted by Crippen LogP contribution is -2.21. The molecule has 3 aromatic rings. The largest absolute Gasteiger partial charge is 0.375 e. The molecule has 0 fully saturated rings. The maximum absolute atomic E-state index is 12.5. The minimum absolute atomic E-state index is 0.00507. The van der Waals surface area contributed by atoms with Crippen LogP contribution < -0.4 is 10.9 Å². The molecular weight excluding hydrogens is 448 g/mol.